The second-order valence-corrected chi connectivity index (χ2v) is 6.17. The molecule has 2 rings (SSSR count). The number of amides is 1. The van der Waals surface area contributed by atoms with Crippen LogP contribution in [0.4, 0.5) is 0 Å². The van der Waals surface area contributed by atoms with Crippen LogP contribution < -0.4 is 5.32 Å². The molecular formula is C12H17ClN2O3S. The van der Waals surface area contributed by atoms with Crippen LogP contribution in [-0.4, -0.2) is 45.6 Å². The Morgan fingerprint density at radius 2 is 2.32 bits per heavy atom. The van der Waals surface area contributed by atoms with Crippen molar-refractivity contribution in [3.63, 3.8) is 0 Å². The molecule has 2 aliphatic rings. The first kappa shape index (κ1) is 14.7. The van der Waals surface area contributed by atoms with Crippen molar-refractivity contribution in [3.8, 4) is 0 Å². The van der Waals surface area contributed by atoms with E-state index in [4.69, 9.17) is 16.7 Å². The summed E-state index contributed by atoms with van der Waals surface area (Å²) in [5.41, 5.74) is -0.0537. The molecule has 2 N–H and O–H groups in total. The summed E-state index contributed by atoms with van der Waals surface area (Å²) in [5.74, 6) is -0.873. The van der Waals surface area contributed by atoms with Gasteiger partial charge in [0.25, 0.3) is 0 Å². The van der Waals surface area contributed by atoms with Crippen LogP contribution in [0, 0.1) is 0 Å². The predicted octanol–water partition coefficient (Wildman–Crippen LogP) is 1.58. The van der Waals surface area contributed by atoms with Gasteiger partial charge in [0.1, 0.15) is 17.1 Å². The van der Waals surface area contributed by atoms with E-state index in [1.54, 1.807) is 0 Å². The van der Waals surface area contributed by atoms with E-state index in [2.05, 4.69) is 12.2 Å². The summed E-state index contributed by atoms with van der Waals surface area (Å²) in [6, 6.07) is -0.277. The number of carbonyl (C=O) groups excluding carboxylic acids is 1. The zero-order chi connectivity index (χ0) is 14.0. The number of carboxylic acid groups (broad SMARTS) is 1. The average Bonchev–Trinajstić information content (AvgIpc) is 2.38. The van der Waals surface area contributed by atoms with E-state index in [0.29, 0.717) is 5.75 Å². The van der Waals surface area contributed by atoms with E-state index in [0.717, 1.165) is 25.8 Å². The van der Waals surface area contributed by atoms with Crippen LogP contribution in [0.3, 0.4) is 0 Å². The minimum absolute atomic E-state index is 0.0537. The molecule has 1 fully saturated rings. The number of hydrogen-bond acceptors (Lipinski definition) is 4. The van der Waals surface area contributed by atoms with Crippen LogP contribution in [-0.2, 0) is 9.59 Å². The average molecular weight is 305 g/mol. The molecule has 0 aromatic rings. The van der Waals surface area contributed by atoms with Gasteiger partial charge < -0.3 is 10.4 Å². The molecule has 0 saturated carbocycles. The number of β-lactam (4-membered cyclic amide) rings is 1. The maximum absolute atomic E-state index is 12.0. The van der Waals surface area contributed by atoms with E-state index in [1.807, 2.05) is 0 Å². The van der Waals surface area contributed by atoms with Crippen molar-refractivity contribution < 1.29 is 14.7 Å². The quantitative estimate of drug-likeness (QED) is 0.576. The third kappa shape index (κ3) is 2.75. The van der Waals surface area contributed by atoms with Crippen molar-refractivity contribution in [1.82, 2.24) is 10.2 Å². The van der Waals surface area contributed by atoms with Gasteiger partial charge in [0.05, 0.1) is 5.03 Å². The molecule has 2 heterocycles. The highest BCUT2D eigenvalue weighted by Crippen LogP contribution is 2.41. The monoisotopic (exact) mass is 304 g/mol. The molecule has 1 saturated heterocycles. The van der Waals surface area contributed by atoms with Crippen molar-refractivity contribution in [2.24, 2.45) is 0 Å². The Kier molecular flexibility index (Phi) is 4.76. The number of halogens is 1. The van der Waals surface area contributed by atoms with Gasteiger partial charge in [-0.3, -0.25) is 9.69 Å². The smallest absolute Gasteiger partial charge is 0.353 e. The maximum atomic E-state index is 12.0. The fourth-order valence-corrected chi connectivity index (χ4v) is 3.85. The van der Waals surface area contributed by atoms with Crippen LogP contribution >= 0.6 is 23.4 Å². The molecule has 0 aromatic heterocycles. The van der Waals surface area contributed by atoms with Crippen molar-refractivity contribution in [3.05, 3.63) is 10.7 Å². The van der Waals surface area contributed by atoms with Crippen LogP contribution in [0.1, 0.15) is 26.2 Å². The molecule has 2 aliphatic heterocycles. The Hall–Kier alpha value is -0.720. The minimum Gasteiger partial charge on any atom is -0.477 e. The summed E-state index contributed by atoms with van der Waals surface area (Å²) in [4.78, 5) is 24.5. The van der Waals surface area contributed by atoms with Crippen LogP contribution in [0.5, 0.6) is 0 Å². The number of unbranched alkanes of at least 4 members (excludes halogenated alkanes) is 2. The van der Waals surface area contributed by atoms with Crippen LogP contribution in [0.15, 0.2) is 10.7 Å². The van der Waals surface area contributed by atoms with Crippen molar-refractivity contribution in [2.75, 3.05) is 12.3 Å². The van der Waals surface area contributed by atoms with E-state index in [9.17, 15) is 9.59 Å². The number of nitrogens with zero attached hydrogens (tertiary/aromatic N) is 1. The van der Waals surface area contributed by atoms with Gasteiger partial charge in [-0.2, -0.15) is 0 Å². The van der Waals surface area contributed by atoms with E-state index < -0.39 is 5.97 Å². The molecule has 7 heteroatoms. The SMILES string of the molecule is CCCCCNC1C(=O)N2C(C(=O)O)=C(Cl)CS[C@@H]12. The zero-order valence-corrected chi connectivity index (χ0v) is 12.3. The fraction of sp³-hybridized carbons (Fsp3) is 0.667. The fourth-order valence-electron chi connectivity index (χ4n) is 2.27. The standard InChI is InChI=1S/C12H17ClN2O3S/c1-2-3-4-5-14-8-10(16)15-9(12(17)18)7(13)6-19-11(8)15/h8,11,14H,2-6H2,1H3,(H,17,18)/t8?,11-/m0/s1. The Bertz CT molecular complexity index is 427. The topological polar surface area (TPSA) is 69.6 Å². The Balaban J connectivity index is 1.97. The number of fused-ring (bicyclic) bond motifs is 1. The number of aliphatic carboxylic acids is 1. The molecule has 0 spiro atoms. The molecule has 5 nitrogen and oxygen atoms in total. The molecule has 0 radical (unpaired) electrons. The summed E-state index contributed by atoms with van der Waals surface area (Å²) >= 11 is 7.40. The Morgan fingerprint density at radius 3 is 2.95 bits per heavy atom. The second kappa shape index (κ2) is 6.15. The van der Waals surface area contributed by atoms with Gasteiger partial charge in [0, 0.05) is 5.75 Å². The number of hydrogen-bond donors (Lipinski definition) is 2. The maximum Gasteiger partial charge on any atom is 0.353 e. The normalized spacial score (nSPS) is 26.2. The molecule has 2 atom stereocenters. The molecule has 106 valence electrons. The van der Waals surface area contributed by atoms with E-state index >= 15 is 0 Å². The first-order valence-corrected chi connectivity index (χ1v) is 7.80. The van der Waals surface area contributed by atoms with Gasteiger partial charge >= 0.3 is 5.97 Å². The number of carbonyl (C=O) groups is 2. The number of nitrogens with one attached hydrogen (secondary N) is 1. The first-order chi connectivity index (χ1) is 9.07. The summed E-state index contributed by atoms with van der Waals surface area (Å²) in [6.07, 6.45) is 3.29. The lowest BCUT2D eigenvalue weighted by Crippen LogP contribution is -2.69. The highest BCUT2D eigenvalue weighted by atomic mass is 35.5. The minimum atomic E-state index is -1.13. The summed E-state index contributed by atoms with van der Waals surface area (Å²) < 4.78 is 0. The number of rotatable bonds is 6. The first-order valence-electron chi connectivity index (χ1n) is 6.38. The molecule has 0 aliphatic carbocycles. The number of carboxylic acids is 1. The zero-order valence-electron chi connectivity index (χ0n) is 10.7. The number of thioether (sulfide) groups is 1. The van der Waals surface area contributed by atoms with Gasteiger partial charge in [-0.05, 0) is 13.0 Å². The van der Waals surface area contributed by atoms with Crippen LogP contribution in [0.2, 0.25) is 0 Å². The summed E-state index contributed by atoms with van der Waals surface area (Å²) in [6.45, 7) is 2.91. The van der Waals surface area contributed by atoms with Crippen molar-refractivity contribution >= 4 is 35.2 Å². The third-order valence-electron chi connectivity index (χ3n) is 3.27. The Morgan fingerprint density at radius 1 is 1.58 bits per heavy atom. The second-order valence-electron chi connectivity index (χ2n) is 4.61. The van der Waals surface area contributed by atoms with Gasteiger partial charge in [0.2, 0.25) is 5.91 Å². The van der Waals surface area contributed by atoms with Crippen molar-refractivity contribution in [2.45, 2.75) is 37.6 Å². The molecule has 1 unspecified atom stereocenters. The lowest BCUT2D eigenvalue weighted by atomic mass is 10.0. The molecule has 19 heavy (non-hydrogen) atoms. The predicted molar refractivity (Wildman–Crippen MR) is 74.9 cm³/mol. The summed E-state index contributed by atoms with van der Waals surface area (Å²) in [7, 11) is 0. The highest BCUT2D eigenvalue weighted by Gasteiger charge is 2.53. The van der Waals surface area contributed by atoms with Crippen molar-refractivity contribution in [1.29, 1.82) is 0 Å². The lowest BCUT2D eigenvalue weighted by molar-refractivity contribution is -0.149. The van der Waals surface area contributed by atoms with E-state index in [1.165, 1.54) is 16.7 Å². The lowest BCUT2D eigenvalue weighted by Gasteiger charge is -2.49. The van der Waals surface area contributed by atoms with Gasteiger partial charge in [-0.15, -0.1) is 11.8 Å². The molecular weight excluding hydrogens is 288 g/mol. The van der Waals surface area contributed by atoms with Gasteiger partial charge in [-0.1, -0.05) is 31.4 Å². The molecule has 1 amide bonds. The molecule has 0 aromatic carbocycles. The summed E-state index contributed by atoms with van der Waals surface area (Å²) in [5, 5.41) is 12.4. The Labute approximate surface area is 121 Å². The third-order valence-corrected chi connectivity index (χ3v) is 5.02. The van der Waals surface area contributed by atoms with Crippen LogP contribution in [0.25, 0.3) is 0 Å². The largest absolute Gasteiger partial charge is 0.477 e. The van der Waals surface area contributed by atoms with Gasteiger partial charge in [-0.25, -0.2) is 4.79 Å². The van der Waals surface area contributed by atoms with E-state index in [-0.39, 0.29) is 28.1 Å². The van der Waals surface area contributed by atoms with Gasteiger partial charge in [0.15, 0.2) is 0 Å². The highest BCUT2D eigenvalue weighted by molar-refractivity contribution is 8.00. The molecule has 0 bridgehead atoms.